The molecule has 0 saturated heterocycles. The Morgan fingerprint density at radius 1 is 1.44 bits per heavy atom. The Bertz CT molecular complexity index is 198. The Labute approximate surface area is 56.3 Å². The molecule has 0 aliphatic carbocycles. The highest BCUT2D eigenvalue weighted by Gasteiger charge is 1.93. The average molecular weight is 123 g/mol. The number of aryl methyl sites for hydroxylation is 3. The van der Waals surface area contributed by atoms with Crippen molar-refractivity contribution in [2.24, 2.45) is 0 Å². The van der Waals surface area contributed by atoms with Crippen LogP contribution in [0.2, 0.25) is 0 Å². The summed E-state index contributed by atoms with van der Waals surface area (Å²) >= 11 is 0. The highest BCUT2D eigenvalue weighted by atomic mass is 14.9. The number of hydrogen-bond acceptors (Lipinski definition) is 0. The molecule has 0 bridgehead atoms. The normalized spacial score (nSPS) is 10.1. The van der Waals surface area contributed by atoms with Crippen LogP contribution in [0.1, 0.15) is 18.2 Å². The maximum absolute atomic E-state index is 2.25. The standard InChI is InChI=1S/C8H13N/c1-4-9-6-7(2)5-8(9)3/h5-6H,4H2,1-3H3. The first-order valence-corrected chi connectivity index (χ1v) is 3.37. The summed E-state index contributed by atoms with van der Waals surface area (Å²) in [5.74, 6) is 0. The maximum Gasteiger partial charge on any atom is 0.0193 e. The summed E-state index contributed by atoms with van der Waals surface area (Å²) in [7, 11) is 0. The van der Waals surface area contributed by atoms with Gasteiger partial charge in [-0.15, -0.1) is 0 Å². The first-order chi connectivity index (χ1) is 4.24. The lowest BCUT2D eigenvalue weighted by atomic mass is 10.4. The Balaban J connectivity index is 3.01. The Morgan fingerprint density at radius 2 is 2.11 bits per heavy atom. The largest absolute Gasteiger partial charge is 0.352 e. The van der Waals surface area contributed by atoms with Crippen molar-refractivity contribution < 1.29 is 0 Å². The third-order valence-electron chi connectivity index (χ3n) is 1.59. The van der Waals surface area contributed by atoms with E-state index in [0.29, 0.717) is 0 Å². The van der Waals surface area contributed by atoms with E-state index >= 15 is 0 Å². The first-order valence-electron chi connectivity index (χ1n) is 3.37. The molecule has 0 N–H and O–H groups in total. The molecule has 1 rings (SSSR count). The summed E-state index contributed by atoms with van der Waals surface area (Å²) < 4.78 is 2.25. The van der Waals surface area contributed by atoms with Gasteiger partial charge >= 0.3 is 0 Å². The van der Waals surface area contributed by atoms with Crippen molar-refractivity contribution in [2.45, 2.75) is 27.3 Å². The number of hydrogen-bond donors (Lipinski definition) is 0. The first kappa shape index (κ1) is 6.40. The van der Waals surface area contributed by atoms with Gasteiger partial charge in [0.25, 0.3) is 0 Å². The van der Waals surface area contributed by atoms with Crippen LogP contribution in [0.25, 0.3) is 0 Å². The zero-order valence-electron chi connectivity index (χ0n) is 6.31. The minimum Gasteiger partial charge on any atom is -0.352 e. The van der Waals surface area contributed by atoms with Crippen molar-refractivity contribution >= 4 is 0 Å². The van der Waals surface area contributed by atoms with E-state index in [9.17, 15) is 0 Å². The second-order valence-corrected chi connectivity index (χ2v) is 2.44. The molecule has 1 aromatic rings. The summed E-state index contributed by atoms with van der Waals surface area (Å²) in [5.41, 5.74) is 2.71. The van der Waals surface area contributed by atoms with Gasteiger partial charge in [0, 0.05) is 18.4 Å². The van der Waals surface area contributed by atoms with Crippen molar-refractivity contribution in [3.8, 4) is 0 Å². The van der Waals surface area contributed by atoms with Crippen LogP contribution in [0.15, 0.2) is 12.3 Å². The fraction of sp³-hybridized carbons (Fsp3) is 0.500. The molecule has 0 spiro atoms. The van der Waals surface area contributed by atoms with Gasteiger partial charge in [-0.05, 0) is 32.4 Å². The van der Waals surface area contributed by atoms with E-state index in [4.69, 9.17) is 0 Å². The van der Waals surface area contributed by atoms with E-state index in [1.165, 1.54) is 11.3 Å². The highest BCUT2D eigenvalue weighted by Crippen LogP contribution is 2.04. The van der Waals surface area contributed by atoms with E-state index in [-0.39, 0.29) is 0 Å². The molecule has 0 aliphatic rings. The molecule has 0 aliphatic heterocycles. The van der Waals surface area contributed by atoms with Crippen LogP contribution < -0.4 is 0 Å². The molecule has 9 heavy (non-hydrogen) atoms. The van der Waals surface area contributed by atoms with Crippen LogP contribution in [0, 0.1) is 13.8 Å². The summed E-state index contributed by atoms with van der Waals surface area (Å²) in [4.78, 5) is 0. The molecule has 1 aromatic heterocycles. The molecule has 0 fully saturated rings. The number of aromatic nitrogens is 1. The molecule has 0 saturated carbocycles. The molecule has 1 nitrogen and oxygen atoms in total. The second-order valence-electron chi connectivity index (χ2n) is 2.44. The van der Waals surface area contributed by atoms with Gasteiger partial charge in [0.15, 0.2) is 0 Å². The van der Waals surface area contributed by atoms with Gasteiger partial charge in [0.2, 0.25) is 0 Å². The second kappa shape index (κ2) is 2.26. The van der Waals surface area contributed by atoms with Crippen LogP contribution >= 0.6 is 0 Å². The van der Waals surface area contributed by atoms with Gasteiger partial charge in [-0.1, -0.05) is 0 Å². The third-order valence-corrected chi connectivity index (χ3v) is 1.59. The Kier molecular flexibility index (Phi) is 1.60. The van der Waals surface area contributed by atoms with Gasteiger partial charge in [-0.3, -0.25) is 0 Å². The van der Waals surface area contributed by atoms with Crippen molar-refractivity contribution in [3.05, 3.63) is 23.5 Å². The van der Waals surface area contributed by atoms with Crippen molar-refractivity contribution in [1.82, 2.24) is 4.57 Å². The molecule has 0 amide bonds. The number of rotatable bonds is 1. The third kappa shape index (κ3) is 1.15. The molecule has 1 heteroatoms. The molecule has 0 atom stereocenters. The maximum atomic E-state index is 2.25. The van der Waals surface area contributed by atoms with Crippen LogP contribution in [0.3, 0.4) is 0 Å². The van der Waals surface area contributed by atoms with Crippen LogP contribution in [0.5, 0.6) is 0 Å². The van der Waals surface area contributed by atoms with E-state index < -0.39 is 0 Å². The summed E-state index contributed by atoms with van der Waals surface area (Å²) in [6, 6.07) is 2.20. The van der Waals surface area contributed by atoms with Gasteiger partial charge in [-0.25, -0.2) is 0 Å². The average Bonchev–Trinajstić information content (AvgIpc) is 2.10. The van der Waals surface area contributed by atoms with Gasteiger partial charge in [0.05, 0.1) is 0 Å². The van der Waals surface area contributed by atoms with Gasteiger partial charge in [0.1, 0.15) is 0 Å². The molecular weight excluding hydrogens is 110 g/mol. The highest BCUT2D eigenvalue weighted by molar-refractivity contribution is 5.15. The molecule has 0 unspecified atom stereocenters. The predicted octanol–water partition coefficient (Wildman–Crippen LogP) is 2.12. The Hall–Kier alpha value is -0.720. The minimum absolute atomic E-state index is 1.08. The van der Waals surface area contributed by atoms with Crippen LogP contribution in [-0.4, -0.2) is 4.57 Å². The molecule has 1 heterocycles. The molecule has 50 valence electrons. The number of nitrogens with zero attached hydrogens (tertiary/aromatic N) is 1. The van der Waals surface area contributed by atoms with E-state index in [0.717, 1.165) is 6.54 Å². The van der Waals surface area contributed by atoms with Crippen molar-refractivity contribution in [2.75, 3.05) is 0 Å². The smallest absolute Gasteiger partial charge is 0.0193 e. The lowest BCUT2D eigenvalue weighted by Crippen LogP contribution is -1.92. The van der Waals surface area contributed by atoms with E-state index in [2.05, 4.69) is 37.6 Å². The van der Waals surface area contributed by atoms with Gasteiger partial charge < -0.3 is 4.57 Å². The Morgan fingerprint density at radius 3 is 2.33 bits per heavy atom. The summed E-state index contributed by atoms with van der Waals surface area (Å²) in [6.45, 7) is 7.50. The molecular formula is C8H13N. The summed E-state index contributed by atoms with van der Waals surface area (Å²) in [6.07, 6.45) is 2.18. The van der Waals surface area contributed by atoms with Gasteiger partial charge in [-0.2, -0.15) is 0 Å². The quantitative estimate of drug-likeness (QED) is 0.539. The lowest BCUT2D eigenvalue weighted by molar-refractivity contribution is 0.742. The van der Waals surface area contributed by atoms with Crippen molar-refractivity contribution in [1.29, 1.82) is 0 Å². The van der Waals surface area contributed by atoms with Crippen molar-refractivity contribution in [3.63, 3.8) is 0 Å². The topological polar surface area (TPSA) is 4.93 Å². The predicted molar refractivity (Wildman–Crippen MR) is 39.6 cm³/mol. The zero-order chi connectivity index (χ0) is 6.85. The van der Waals surface area contributed by atoms with Crippen LogP contribution in [0.4, 0.5) is 0 Å². The summed E-state index contributed by atoms with van der Waals surface area (Å²) in [5, 5.41) is 0. The fourth-order valence-electron chi connectivity index (χ4n) is 1.14. The molecule has 0 radical (unpaired) electrons. The fourth-order valence-corrected chi connectivity index (χ4v) is 1.14. The minimum atomic E-state index is 1.08. The monoisotopic (exact) mass is 123 g/mol. The van der Waals surface area contributed by atoms with Crippen LogP contribution in [-0.2, 0) is 6.54 Å². The molecule has 0 aromatic carbocycles. The van der Waals surface area contributed by atoms with E-state index in [1.807, 2.05) is 0 Å². The zero-order valence-corrected chi connectivity index (χ0v) is 6.31. The van der Waals surface area contributed by atoms with E-state index in [1.54, 1.807) is 0 Å². The SMILES string of the molecule is CCn1cc(C)cc1C. The lowest BCUT2D eigenvalue weighted by Gasteiger charge is -1.97.